The standard InChI is InChI=1S/C21H19ClN2O3/c1-12(24-20(26)16-10-9-14(22)11-17(16)21(24)27)19(25)23-18-8-4-6-13-5-2-3-7-15(13)18/h2-9,12,16-17H,10-11H2,1H3,(H,23,25)/t12-,16-,17+/m1/s1. The lowest BCUT2D eigenvalue weighted by molar-refractivity contribution is -0.146. The van der Waals surface area contributed by atoms with Gasteiger partial charge in [0.05, 0.1) is 11.8 Å². The number of carbonyl (C=O) groups is 3. The summed E-state index contributed by atoms with van der Waals surface area (Å²) in [5.74, 6) is -1.84. The number of allylic oxidation sites excluding steroid dienone is 2. The first-order chi connectivity index (χ1) is 13.0. The van der Waals surface area contributed by atoms with Crippen LogP contribution in [-0.4, -0.2) is 28.7 Å². The number of nitrogens with zero attached hydrogens (tertiary/aromatic N) is 1. The van der Waals surface area contributed by atoms with Gasteiger partial charge in [-0.3, -0.25) is 19.3 Å². The van der Waals surface area contributed by atoms with Gasteiger partial charge < -0.3 is 5.32 Å². The van der Waals surface area contributed by atoms with E-state index in [-0.39, 0.29) is 17.7 Å². The lowest BCUT2D eigenvalue weighted by atomic mass is 9.85. The summed E-state index contributed by atoms with van der Waals surface area (Å²) in [7, 11) is 0. The number of nitrogens with one attached hydrogen (secondary N) is 1. The highest BCUT2D eigenvalue weighted by Gasteiger charge is 2.51. The number of amides is 3. The number of hydrogen-bond donors (Lipinski definition) is 1. The molecule has 0 radical (unpaired) electrons. The van der Waals surface area contributed by atoms with E-state index in [2.05, 4.69) is 5.32 Å². The zero-order valence-electron chi connectivity index (χ0n) is 14.8. The SMILES string of the molecule is C[C@H](C(=O)Nc1cccc2ccccc12)N1C(=O)[C@H]2CC(Cl)=CC[C@H]2C1=O. The summed E-state index contributed by atoms with van der Waals surface area (Å²) in [5, 5.41) is 5.38. The maximum atomic E-state index is 12.8. The highest BCUT2D eigenvalue weighted by Crippen LogP contribution is 2.39. The van der Waals surface area contributed by atoms with Crippen molar-refractivity contribution in [1.29, 1.82) is 0 Å². The van der Waals surface area contributed by atoms with Gasteiger partial charge in [0.1, 0.15) is 6.04 Å². The van der Waals surface area contributed by atoms with Gasteiger partial charge >= 0.3 is 0 Å². The number of carbonyl (C=O) groups excluding carboxylic acids is 3. The van der Waals surface area contributed by atoms with E-state index in [0.29, 0.717) is 23.6 Å². The molecule has 1 N–H and O–H groups in total. The average molecular weight is 383 g/mol. The fourth-order valence-electron chi connectivity index (χ4n) is 3.92. The van der Waals surface area contributed by atoms with Crippen LogP contribution in [0.4, 0.5) is 5.69 Å². The summed E-state index contributed by atoms with van der Waals surface area (Å²) in [4.78, 5) is 39.4. The van der Waals surface area contributed by atoms with Crippen LogP contribution in [0.3, 0.4) is 0 Å². The van der Waals surface area contributed by atoms with E-state index in [9.17, 15) is 14.4 Å². The Morgan fingerprint density at radius 3 is 2.63 bits per heavy atom. The molecule has 0 saturated carbocycles. The molecule has 6 heteroatoms. The molecule has 1 fully saturated rings. The summed E-state index contributed by atoms with van der Waals surface area (Å²) in [6.45, 7) is 1.59. The number of hydrogen-bond acceptors (Lipinski definition) is 3. The monoisotopic (exact) mass is 382 g/mol. The first kappa shape index (κ1) is 17.7. The van der Waals surface area contributed by atoms with E-state index >= 15 is 0 Å². The van der Waals surface area contributed by atoms with Crippen molar-refractivity contribution in [3.8, 4) is 0 Å². The van der Waals surface area contributed by atoms with Crippen LogP contribution < -0.4 is 5.32 Å². The molecular formula is C21H19ClN2O3. The van der Waals surface area contributed by atoms with E-state index in [4.69, 9.17) is 11.6 Å². The van der Waals surface area contributed by atoms with Gasteiger partial charge in [0.2, 0.25) is 17.7 Å². The van der Waals surface area contributed by atoms with E-state index in [1.165, 1.54) is 0 Å². The van der Waals surface area contributed by atoms with Crippen LogP contribution in [0.1, 0.15) is 19.8 Å². The lowest BCUT2D eigenvalue weighted by Crippen LogP contribution is -2.46. The van der Waals surface area contributed by atoms with Crippen molar-refractivity contribution in [3.63, 3.8) is 0 Å². The highest BCUT2D eigenvalue weighted by atomic mass is 35.5. The normalized spacial score (nSPS) is 23.2. The molecule has 2 aliphatic rings. The fraction of sp³-hybridized carbons (Fsp3) is 0.286. The number of likely N-dealkylation sites (tertiary alicyclic amines) is 1. The Morgan fingerprint density at radius 2 is 1.81 bits per heavy atom. The summed E-state index contributed by atoms with van der Waals surface area (Å²) in [6, 6.07) is 12.5. The number of halogens is 1. The zero-order valence-corrected chi connectivity index (χ0v) is 15.6. The largest absolute Gasteiger partial charge is 0.324 e. The number of rotatable bonds is 3. The summed E-state index contributed by atoms with van der Waals surface area (Å²) in [5.41, 5.74) is 0.658. The second kappa shape index (κ2) is 6.82. The average Bonchev–Trinajstić information content (AvgIpc) is 2.91. The zero-order chi connectivity index (χ0) is 19.1. The molecule has 4 rings (SSSR count). The van der Waals surface area contributed by atoms with Gasteiger partial charge in [-0.05, 0) is 31.2 Å². The predicted octanol–water partition coefficient (Wildman–Crippen LogP) is 3.68. The van der Waals surface area contributed by atoms with E-state index in [0.717, 1.165) is 15.7 Å². The number of anilines is 1. The van der Waals surface area contributed by atoms with Crippen molar-refractivity contribution in [2.24, 2.45) is 11.8 Å². The van der Waals surface area contributed by atoms with Crippen LogP contribution in [0.25, 0.3) is 10.8 Å². The topological polar surface area (TPSA) is 66.5 Å². The van der Waals surface area contributed by atoms with Gasteiger partial charge in [-0.15, -0.1) is 0 Å². The summed E-state index contributed by atoms with van der Waals surface area (Å²) < 4.78 is 0. The Kier molecular flexibility index (Phi) is 4.48. The smallest absolute Gasteiger partial charge is 0.247 e. The Morgan fingerprint density at radius 1 is 1.11 bits per heavy atom. The predicted molar refractivity (Wildman–Crippen MR) is 104 cm³/mol. The number of imide groups is 1. The van der Waals surface area contributed by atoms with Crippen molar-refractivity contribution in [3.05, 3.63) is 53.6 Å². The maximum absolute atomic E-state index is 12.8. The third-order valence-corrected chi connectivity index (χ3v) is 5.73. The molecule has 138 valence electrons. The molecule has 1 heterocycles. The minimum Gasteiger partial charge on any atom is -0.324 e. The third-order valence-electron chi connectivity index (χ3n) is 5.42. The Hall–Kier alpha value is -2.66. The van der Waals surface area contributed by atoms with Gasteiger partial charge in [0.25, 0.3) is 0 Å². The minimum absolute atomic E-state index is 0.286. The van der Waals surface area contributed by atoms with E-state index in [1.807, 2.05) is 42.5 Å². The van der Waals surface area contributed by atoms with Crippen LogP contribution in [0.2, 0.25) is 0 Å². The van der Waals surface area contributed by atoms with Gasteiger partial charge in [-0.1, -0.05) is 54.1 Å². The number of benzene rings is 2. The molecule has 5 nitrogen and oxygen atoms in total. The van der Waals surface area contributed by atoms with Crippen LogP contribution in [0.5, 0.6) is 0 Å². The first-order valence-corrected chi connectivity index (χ1v) is 9.35. The van der Waals surface area contributed by atoms with Crippen LogP contribution in [0.15, 0.2) is 53.6 Å². The Labute approximate surface area is 162 Å². The first-order valence-electron chi connectivity index (χ1n) is 8.97. The quantitative estimate of drug-likeness (QED) is 0.823. The molecule has 3 atom stereocenters. The van der Waals surface area contributed by atoms with Crippen molar-refractivity contribution < 1.29 is 14.4 Å². The van der Waals surface area contributed by atoms with Gasteiger partial charge in [0, 0.05) is 16.1 Å². The molecule has 0 aromatic heterocycles. The lowest BCUT2D eigenvalue weighted by Gasteiger charge is -2.22. The molecule has 0 spiro atoms. The maximum Gasteiger partial charge on any atom is 0.247 e. The molecular weight excluding hydrogens is 364 g/mol. The highest BCUT2D eigenvalue weighted by molar-refractivity contribution is 6.30. The Balaban J connectivity index is 1.56. The molecule has 3 amide bonds. The van der Waals surface area contributed by atoms with Crippen molar-refractivity contribution in [2.75, 3.05) is 5.32 Å². The van der Waals surface area contributed by atoms with E-state index in [1.54, 1.807) is 13.0 Å². The summed E-state index contributed by atoms with van der Waals surface area (Å²) >= 11 is 6.05. The number of fused-ring (bicyclic) bond motifs is 2. The molecule has 2 aromatic carbocycles. The summed E-state index contributed by atoms with van der Waals surface area (Å²) in [6.07, 6.45) is 2.60. The molecule has 2 aromatic rings. The van der Waals surface area contributed by atoms with Gasteiger partial charge in [-0.25, -0.2) is 0 Å². The molecule has 1 aliphatic heterocycles. The van der Waals surface area contributed by atoms with Crippen molar-refractivity contribution in [1.82, 2.24) is 4.90 Å². The van der Waals surface area contributed by atoms with Crippen molar-refractivity contribution >= 4 is 45.8 Å². The Bertz CT molecular complexity index is 979. The molecule has 0 unspecified atom stereocenters. The van der Waals surface area contributed by atoms with Crippen LogP contribution in [0, 0.1) is 11.8 Å². The molecule has 1 aliphatic carbocycles. The van der Waals surface area contributed by atoms with Gasteiger partial charge in [-0.2, -0.15) is 0 Å². The second-order valence-electron chi connectivity index (χ2n) is 7.04. The van der Waals surface area contributed by atoms with Crippen molar-refractivity contribution in [2.45, 2.75) is 25.8 Å². The minimum atomic E-state index is -0.881. The second-order valence-corrected chi connectivity index (χ2v) is 7.53. The fourth-order valence-corrected chi connectivity index (χ4v) is 4.18. The molecule has 27 heavy (non-hydrogen) atoms. The molecule has 1 saturated heterocycles. The van der Waals surface area contributed by atoms with Crippen LogP contribution in [-0.2, 0) is 14.4 Å². The molecule has 0 bridgehead atoms. The van der Waals surface area contributed by atoms with Gasteiger partial charge in [0.15, 0.2) is 0 Å². The third kappa shape index (κ3) is 3.02. The van der Waals surface area contributed by atoms with Crippen LogP contribution >= 0.6 is 11.6 Å². The van der Waals surface area contributed by atoms with E-state index < -0.39 is 17.9 Å².